The third-order valence-corrected chi connectivity index (χ3v) is 2.39. The van der Waals surface area contributed by atoms with Crippen molar-refractivity contribution in [3.05, 3.63) is 0 Å². The highest BCUT2D eigenvalue weighted by atomic mass is 19.4. The standard InChI is InChI=1S/C11H18F3NO3/c1-4-5-15(7-11(12,13)14)8(16)6-10(2,3)9(17)18/h4-7H2,1-3H3,(H,17,18). The molecule has 4 nitrogen and oxygen atoms in total. The molecule has 0 bridgehead atoms. The third kappa shape index (κ3) is 5.88. The number of carboxylic acid groups (broad SMARTS) is 1. The van der Waals surface area contributed by atoms with Crippen LogP contribution in [0.1, 0.15) is 33.6 Å². The monoisotopic (exact) mass is 269 g/mol. The zero-order valence-electron chi connectivity index (χ0n) is 10.7. The molecule has 0 aromatic rings. The molecule has 0 aliphatic carbocycles. The van der Waals surface area contributed by atoms with Crippen molar-refractivity contribution in [2.24, 2.45) is 5.41 Å². The quantitative estimate of drug-likeness (QED) is 0.804. The van der Waals surface area contributed by atoms with Gasteiger partial charge in [-0.2, -0.15) is 13.2 Å². The van der Waals surface area contributed by atoms with E-state index < -0.39 is 36.4 Å². The van der Waals surface area contributed by atoms with Crippen molar-refractivity contribution in [2.75, 3.05) is 13.1 Å². The lowest BCUT2D eigenvalue weighted by Gasteiger charge is -2.27. The van der Waals surface area contributed by atoms with E-state index in [1.807, 2.05) is 0 Å². The number of rotatable bonds is 6. The van der Waals surface area contributed by atoms with Crippen LogP contribution in [-0.2, 0) is 9.59 Å². The van der Waals surface area contributed by atoms with Gasteiger partial charge in [0, 0.05) is 13.0 Å². The molecule has 0 unspecified atom stereocenters. The van der Waals surface area contributed by atoms with Crippen LogP contribution in [0.4, 0.5) is 13.2 Å². The number of nitrogens with zero attached hydrogens (tertiary/aromatic N) is 1. The van der Waals surface area contributed by atoms with Crippen LogP contribution in [0, 0.1) is 5.41 Å². The first kappa shape index (κ1) is 16.7. The van der Waals surface area contributed by atoms with E-state index in [0.29, 0.717) is 11.3 Å². The van der Waals surface area contributed by atoms with Crippen LogP contribution in [-0.4, -0.2) is 41.1 Å². The smallest absolute Gasteiger partial charge is 0.406 e. The zero-order valence-corrected chi connectivity index (χ0v) is 10.7. The molecular formula is C11H18F3NO3. The lowest BCUT2D eigenvalue weighted by atomic mass is 9.89. The summed E-state index contributed by atoms with van der Waals surface area (Å²) in [6, 6.07) is 0. The van der Waals surface area contributed by atoms with Crippen molar-refractivity contribution in [3.63, 3.8) is 0 Å². The number of carbonyl (C=O) groups is 2. The second kappa shape index (κ2) is 6.06. The first-order chi connectivity index (χ1) is 7.99. The Morgan fingerprint density at radius 2 is 1.72 bits per heavy atom. The fourth-order valence-electron chi connectivity index (χ4n) is 1.34. The predicted octanol–water partition coefficient (Wildman–Crippen LogP) is 2.29. The molecule has 0 aromatic heterocycles. The van der Waals surface area contributed by atoms with Crippen molar-refractivity contribution in [2.45, 2.75) is 39.8 Å². The Kier molecular flexibility index (Phi) is 5.63. The van der Waals surface area contributed by atoms with E-state index in [-0.39, 0.29) is 6.54 Å². The molecule has 0 radical (unpaired) electrons. The summed E-state index contributed by atoms with van der Waals surface area (Å²) in [6.07, 6.45) is -4.54. The summed E-state index contributed by atoms with van der Waals surface area (Å²) in [4.78, 5) is 23.2. The Balaban J connectivity index is 4.73. The number of carboxylic acids is 1. The van der Waals surface area contributed by atoms with Gasteiger partial charge >= 0.3 is 12.1 Å². The molecule has 0 fully saturated rings. The molecule has 0 rings (SSSR count). The average molecular weight is 269 g/mol. The van der Waals surface area contributed by atoms with E-state index in [4.69, 9.17) is 5.11 Å². The minimum Gasteiger partial charge on any atom is -0.481 e. The van der Waals surface area contributed by atoms with E-state index in [1.54, 1.807) is 6.92 Å². The number of hydrogen-bond donors (Lipinski definition) is 1. The molecule has 0 heterocycles. The molecule has 0 saturated heterocycles. The third-order valence-electron chi connectivity index (χ3n) is 2.39. The van der Waals surface area contributed by atoms with E-state index in [2.05, 4.69) is 0 Å². The number of hydrogen-bond acceptors (Lipinski definition) is 2. The molecule has 106 valence electrons. The van der Waals surface area contributed by atoms with Crippen molar-refractivity contribution in [1.29, 1.82) is 0 Å². The van der Waals surface area contributed by atoms with Gasteiger partial charge in [-0.25, -0.2) is 0 Å². The molecule has 0 saturated carbocycles. The van der Waals surface area contributed by atoms with Gasteiger partial charge in [0.2, 0.25) is 5.91 Å². The Morgan fingerprint density at radius 3 is 2.06 bits per heavy atom. The Hall–Kier alpha value is -1.27. The summed E-state index contributed by atoms with van der Waals surface area (Å²) in [7, 11) is 0. The molecule has 0 atom stereocenters. The van der Waals surface area contributed by atoms with Gasteiger partial charge in [-0.1, -0.05) is 6.92 Å². The lowest BCUT2D eigenvalue weighted by Crippen LogP contribution is -2.42. The number of amides is 1. The minimum absolute atomic E-state index is 0.0337. The fourth-order valence-corrected chi connectivity index (χ4v) is 1.34. The van der Waals surface area contributed by atoms with Crippen LogP contribution >= 0.6 is 0 Å². The molecule has 0 aliphatic rings. The second-order valence-corrected chi connectivity index (χ2v) is 4.80. The van der Waals surface area contributed by atoms with Crippen LogP contribution in [0.15, 0.2) is 0 Å². The van der Waals surface area contributed by atoms with Gasteiger partial charge in [0.25, 0.3) is 0 Å². The van der Waals surface area contributed by atoms with Gasteiger partial charge in [0.05, 0.1) is 5.41 Å². The number of aliphatic carboxylic acids is 1. The number of carbonyl (C=O) groups excluding carboxylic acids is 1. The average Bonchev–Trinajstić information content (AvgIpc) is 2.13. The number of alkyl halides is 3. The number of halogens is 3. The Bertz CT molecular complexity index is 313. The molecule has 1 amide bonds. The summed E-state index contributed by atoms with van der Waals surface area (Å²) < 4.78 is 36.8. The van der Waals surface area contributed by atoms with Gasteiger partial charge < -0.3 is 10.0 Å². The van der Waals surface area contributed by atoms with Gasteiger partial charge in [0.15, 0.2) is 0 Å². The maximum absolute atomic E-state index is 12.3. The second-order valence-electron chi connectivity index (χ2n) is 4.80. The topological polar surface area (TPSA) is 57.6 Å². The van der Waals surface area contributed by atoms with Gasteiger partial charge in [-0.05, 0) is 20.3 Å². The van der Waals surface area contributed by atoms with E-state index in [9.17, 15) is 22.8 Å². The van der Waals surface area contributed by atoms with E-state index in [1.165, 1.54) is 13.8 Å². The summed E-state index contributed by atoms with van der Waals surface area (Å²) in [6.45, 7) is 2.90. The Morgan fingerprint density at radius 1 is 1.22 bits per heavy atom. The van der Waals surface area contributed by atoms with Crippen molar-refractivity contribution in [3.8, 4) is 0 Å². The van der Waals surface area contributed by atoms with E-state index >= 15 is 0 Å². The maximum atomic E-state index is 12.3. The van der Waals surface area contributed by atoms with Gasteiger partial charge in [-0.15, -0.1) is 0 Å². The normalized spacial score (nSPS) is 12.3. The molecular weight excluding hydrogens is 251 g/mol. The van der Waals surface area contributed by atoms with Crippen molar-refractivity contribution in [1.82, 2.24) is 4.90 Å². The maximum Gasteiger partial charge on any atom is 0.406 e. The van der Waals surface area contributed by atoms with E-state index in [0.717, 1.165) is 0 Å². The van der Waals surface area contributed by atoms with Crippen molar-refractivity contribution >= 4 is 11.9 Å². The summed E-state index contributed by atoms with van der Waals surface area (Å²) >= 11 is 0. The first-order valence-corrected chi connectivity index (χ1v) is 5.57. The summed E-state index contributed by atoms with van der Waals surface area (Å²) in [5, 5.41) is 8.84. The molecule has 0 spiro atoms. The lowest BCUT2D eigenvalue weighted by molar-refractivity contribution is -0.164. The highest BCUT2D eigenvalue weighted by molar-refractivity contribution is 5.84. The van der Waals surface area contributed by atoms with Crippen LogP contribution in [0.5, 0.6) is 0 Å². The van der Waals surface area contributed by atoms with Crippen LogP contribution in [0.2, 0.25) is 0 Å². The van der Waals surface area contributed by atoms with Gasteiger partial charge in [0.1, 0.15) is 6.54 Å². The highest BCUT2D eigenvalue weighted by Crippen LogP contribution is 2.24. The minimum atomic E-state index is -4.47. The van der Waals surface area contributed by atoms with Crippen molar-refractivity contribution < 1.29 is 27.9 Å². The van der Waals surface area contributed by atoms with Crippen LogP contribution in [0.3, 0.4) is 0 Å². The Labute approximate surface area is 104 Å². The predicted molar refractivity (Wildman–Crippen MR) is 59.0 cm³/mol. The summed E-state index contributed by atoms with van der Waals surface area (Å²) in [5.41, 5.74) is -1.37. The fraction of sp³-hybridized carbons (Fsp3) is 0.818. The van der Waals surface area contributed by atoms with Crippen LogP contribution in [0.25, 0.3) is 0 Å². The zero-order chi connectivity index (χ0) is 14.6. The molecule has 1 N–H and O–H groups in total. The van der Waals surface area contributed by atoms with Gasteiger partial charge in [-0.3, -0.25) is 9.59 Å². The first-order valence-electron chi connectivity index (χ1n) is 5.57. The molecule has 7 heteroatoms. The molecule has 18 heavy (non-hydrogen) atoms. The largest absolute Gasteiger partial charge is 0.481 e. The highest BCUT2D eigenvalue weighted by Gasteiger charge is 2.36. The van der Waals surface area contributed by atoms with Crippen LogP contribution < -0.4 is 0 Å². The SMILES string of the molecule is CCCN(CC(F)(F)F)C(=O)CC(C)(C)C(=O)O. The molecule has 0 aromatic carbocycles. The summed E-state index contributed by atoms with van der Waals surface area (Å²) in [5.74, 6) is -2.00. The molecule has 0 aliphatic heterocycles.